The van der Waals surface area contributed by atoms with Crippen molar-refractivity contribution in [1.29, 1.82) is 0 Å². The van der Waals surface area contributed by atoms with Crippen LogP contribution in [0.5, 0.6) is 0 Å². The molecule has 0 amide bonds. The maximum Gasteiger partial charge on any atom is 0.178 e. The molecule has 0 spiro atoms. The van der Waals surface area contributed by atoms with E-state index >= 15 is 0 Å². The molecule has 0 aliphatic rings. The molecule has 0 N–H and O–H groups in total. The fraction of sp³-hybridized carbons (Fsp3) is 0.0714. The minimum Gasteiger partial charge on any atom is -0.296 e. The van der Waals surface area contributed by atoms with E-state index in [1.807, 2.05) is 30.3 Å². The number of allylic oxidation sites excluding steroid dienone is 1. The zero-order chi connectivity index (χ0) is 13.0. The highest BCUT2D eigenvalue weighted by Gasteiger charge is 2.08. The number of benzene rings is 1. The van der Waals surface area contributed by atoms with E-state index < -0.39 is 0 Å². The summed E-state index contributed by atoms with van der Waals surface area (Å²) in [7, 11) is 0. The van der Waals surface area contributed by atoms with E-state index in [2.05, 4.69) is 5.10 Å². The van der Waals surface area contributed by atoms with Crippen LogP contribution < -0.4 is 0 Å². The highest BCUT2D eigenvalue weighted by molar-refractivity contribution is 6.18. The van der Waals surface area contributed by atoms with Gasteiger partial charge >= 0.3 is 0 Å². The van der Waals surface area contributed by atoms with Crippen molar-refractivity contribution in [1.82, 2.24) is 9.78 Å². The summed E-state index contributed by atoms with van der Waals surface area (Å²) in [6.07, 6.45) is 3.99. The van der Waals surface area contributed by atoms with Gasteiger partial charge in [0, 0.05) is 13.1 Å². The van der Waals surface area contributed by atoms with Gasteiger partial charge in [0.25, 0.3) is 0 Å². The van der Waals surface area contributed by atoms with Gasteiger partial charge in [-0.25, -0.2) is 4.68 Å². The van der Waals surface area contributed by atoms with Gasteiger partial charge in [-0.05, 0) is 17.7 Å². The second-order valence-corrected chi connectivity index (χ2v) is 3.80. The Kier molecular flexibility index (Phi) is 3.48. The van der Waals surface area contributed by atoms with Gasteiger partial charge in [0.05, 0.1) is 0 Å². The first-order valence-corrected chi connectivity index (χ1v) is 5.49. The van der Waals surface area contributed by atoms with E-state index in [9.17, 15) is 9.59 Å². The quantitative estimate of drug-likeness (QED) is 0.608. The highest BCUT2D eigenvalue weighted by atomic mass is 16.1. The molecule has 0 bridgehead atoms. The molecular formula is C14H12N2O2. The zero-order valence-corrected chi connectivity index (χ0v) is 9.91. The number of aldehydes is 1. The van der Waals surface area contributed by atoms with Crippen molar-refractivity contribution >= 4 is 23.8 Å². The fourth-order valence-corrected chi connectivity index (χ4v) is 1.57. The van der Waals surface area contributed by atoms with Gasteiger partial charge in [0.1, 0.15) is 11.4 Å². The van der Waals surface area contributed by atoms with Crippen molar-refractivity contribution in [2.45, 2.75) is 6.92 Å². The van der Waals surface area contributed by atoms with Gasteiger partial charge in [-0.2, -0.15) is 5.10 Å². The van der Waals surface area contributed by atoms with Crippen LogP contribution in [0, 0.1) is 0 Å². The van der Waals surface area contributed by atoms with E-state index in [0.29, 0.717) is 17.7 Å². The monoisotopic (exact) mass is 240 g/mol. The molecule has 0 saturated heterocycles. The van der Waals surface area contributed by atoms with Gasteiger partial charge in [0.15, 0.2) is 12.1 Å². The predicted octanol–water partition coefficient (Wildman–Crippen LogP) is 2.28. The molecule has 1 aromatic heterocycles. The van der Waals surface area contributed by atoms with Crippen LogP contribution in [-0.2, 0) is 4.79 Å². The highest BCUT2D eigenvalue weighted by Crippen LogP contribution is 2.12. The molecule has 1 aromatic carbocycles. The number of hydrogen-bond donors (Lipinski definition) is 0. The lowest BCUT2D eigenvalue weighted by Gasteiger charge is -2.03. The normalized spacial score (nSPS) is 11.3. The van der Waals surface area contributed by atoms with Gasteiger partial charge in [-0.3, -0.25) is 9.59 Å². The molecule has 0 unspecified atom stereocenters. The first-order valence-electron chi connectivity index (χ1n) is 5.49. The van der Waals surface area contributed by atoms with E-state index in [-0.39, 0.29) is 5.78 Å². The first kappa shape index (κ1) is 12.0. The van der Waals surface area contributed by atoms with Crippen LogP contribution in [0.25, 0.3) is 11.8 Å². The number of nitrogens with zero attached hydrogens (tertiary/aromatic N) is 2. The number of hydrogen-bond acceptors (Lipinski definition) is 3. The molecule has 0 aliphatic heterocycles. The Balaban J connectivity index is 2.43. The molecule has 2 rings (SSSR count). The topological polar surface area (TPSA) is 52.0 Å². The van der Waals surface area contributed by atoms with Crippen LogP contribution in [0.4, 0.5) is 0 Å². The number of rotatable bonds is 4. The molecule has 0 fully saturated rings. The standard InChI is InChI=1S/C14H12N2O2/c1-11(18)14(9-12-5-3-2-4-6-12)16-8-7-13(10-17)15-16/h2-10H,1H3/b14-9-. The van der Waals surface area contributed by atoms with Gasteiger partial charge in [-0.15, -0.1) is 0 Å². The predicted molar refractivity (Wildman–Crippen MR) is 68.9 cm³/mol. The molecule has 2 aromatic rings. The third-order valence-electron chi connectivity index (χ3n) is 2.44. The Labute approximate surface area is 105 Å². The second kappa shape index (κ2) is 5.23. The molecule has 0 radical (unpaired) electrons. The summed E-state index contributed by atoms with van der Waals surface area (Å²) in [5.74, 6) is -0.112. The largest absolute Gasteiger partial charge is 0.296 e. The van der Waals surface area contributed by atoms with Crippen LogP contribution in [0.15, 0.2) is 42.6 Å². The second-order valence-electron chi connectivity index (χ2n) is 3.80. The van der Waals surface area contributed by atoms with Crippen LogP contribution in [0.2, 0.25) is 0 Å². The molecule has 4 heteroatoms. The number of ketones is 1. The molecule has 0 atom stereocenters. The van der Waals surface area contributed by atoms with Crippen molar-refractivity contribution in [3.63, 3.8) is 0 Å². The Morgan fingerprint density at radius 2 is 1.94 bits per heavy atom. The Morgan fingerprint density at radius 1 is 1.22 bits per heavy atom. The van der Waals surface area contributed by atoms with E-state index in [4.69, 9.17) is 0 Å². The molecule has 1 heterocycles. The van der Waals surface area contributed by atoms with Crippen LogP contribution in [-0.4, -0.2) is 21.8 Å². The van der Waals surface area contributed by atoms with Gasteiger partial charge in [0.2, 0.25) is 0 Å². The maximum absolute atomic E-state index is 11.6. The van der Waals surface area contributed by atoms with Gasteiger partial charge in [-0.1, -0.05) is 30.3 Å². The van der Waals surface area contributed by atoms with E-state index in [1.165, 1.54) is 11.6 Å². The third kappa shape index (κ3) is 2.60. The van der Waals surface area contributed by atoms with Crippen LogP contribution >= 0.6 is 0 Å². The van der Waals surface area contributed by atoms with Crippen molar-refractivity contribution in [3.8, 4) is 0 Å². The Hall–Kier alpha value is -2.49. The summed E-state index contributed by atoms with van der Waals surface area (Å²) >= 11 is 0. The lowest BCUT2D eigenvalue weighted by atomic mass is 10.1. The number of aromatic nitrogens is 2. The zero-order valence-electron chi connectivity index (χ0n) is 9.91. The molecule has 0 aliphatic carbocycles. The molecular weight excluding hydrogens is 228 g/mol. The molecule has 4 nitrogen and oxygen atoms in total. The summed E-state index contributed by atoms with van der Waals surface area (Å²) in [5, 5.41) is 4.01. The molecule has 0 saturated carbocycles. The smallest absolute Gasteiger partial charge is 0.178 e. The number of carbonyl (C=O) groups excluding carboxylic acids is 2. The molecule has 90 valence electrons. The summed E-state index contributed by atoms with van der Waals surface area (Å²) in [4.78, 5) is 22.2. The third-order valence-corrected chi connectivity index (χ3v) is 2.44. The average molecular weight is 240 g/mol. The molecule has 18 heavy (non-hydrogen) atoms. The van der Waals surface area contributed by atoms with Crippen molar-refractivity contribution in [2.75, 3.05) is 0 Å². The van der Waals surface area contributed by atoms with Crippen molar-refractivity contribution in [3.05, 3.63) is 53.9 Å². The summed E-state index contributed by atoms with van der Waals surface area (Å²) in [5.41, 5.74) is 1.63. The maximum atomic E-state index is 11.6. The van der Waals surface area contributed by atoms with Gasteiger partial charge < -0.3 is 0 Å². The Bertz CT molecular complexity index is 597. The lowest BCUT2D eigenvalue weighted by Crippen LogP contribution is -2.06. The van der Waals surface area contributed by atoms with Crippen LogP contribution in [0.3, 0.4) is 0 Å². The minimum atomic E-state index is -0.112. The first-order chi connectivity index (χ1) is 8.70. The Morgan fingerprint density at radius 3 is 2.50 bits per heavy atom. The van der Waals surface area contributed by atoms with Crippen LogP contribution in [0.1, 0.15) is 23.0 Å². The van der Waals surface area contributed by atoms with E-state index in [1.54, 1.807) is 18.3 Å². The van der Waals surface area contributed by atoms with Crippen molar-refractivity contribution in [2.24, 2.45) is 0 Å². The number of Topliss-reactive ketones (excluding diaryl/α,β-unsaturated/α-hetero) is 1. The summed E-state index contributed by atoms with van der Waals surface area (Å²) < 4.78 is 1.42. The average Bonchev–Trinajstić information content (AvgIpc) is 2.85. The summed E-state index contributed by atoms with van der Waals surface area (Å²) in [6, 6.07) is 11.0. The lowest BCUT2D eigenvalue weighted by molar-refractivity contribution is -0.112. The van der Waals surface area contributed by atoms with Crippen molar-refractivity contribution < 1.29 is 9.59 Å². The summed E-state index contributed by atoms with van der Waals surface area (Å²) in [6.45, 7) is 1.47. The number of carbonyl (C=O) groups is 2. The van der Waals surface area contributed by atoms with E-state index in [0.717, 1.165) is 5.56 Å². The SMILES string of the molecule is CC(=O)/C(=C/c1ccccc1)n1ccc(C=O)n1. The minimum absolute atomic E-state index is 0.112. The fourth-order valence-electron chi connectivity index (χ4n) is 1.57.